The van der Waals surface area contributed by atoms with E-state index in [0.717, 1.165) is 17.0 Å². The lowest BCUT2D eigenvalue weighted by atomic mass is 10.2. The van der Waals surface area contributed by atoms with Crippen LogP contribution in [-0.2, 0) is 16.2 Å². The predicted molar refractivity (Wildman–Crippen MR) is 115 cm³/mol. The Balaban J connectivity index is 1.50. The summed E-state index contributed by atoms with van der Waals surface area (Å²) in [5.74, 6) is 0.368. The molecule has 0 heterocycles. The fraction of sp³-hybridized carbons (Fsp3) is 0.130. The van der Waals surface area contributed by atoms with Gasteiger partial charge in [0.05, 0.1) is 6.54 Å². The van der Waals surface area contributed by atoms with Gasteiger partial charge in [0.25, 0.3) is 0 Å². The van der Waals surface area contributed by atoms with E-state index in [1.54, 1.807) is 24.3 Å². The first-order chi connectivity index (χ1) is 14.1. The molecule has 6 nitrogen and oxygen atoms in total. The molecular weight excluding hydrogens is 366 g/mol. The van der Waals surface area contributed by atoms with Crippen molar-refractivity contribution in [2.24, 2.45) is 0 Å². The molecule has 3 N–H and O–H groups in total. The molecule has 0 saturated carbocycles. The van der Waals surface area contributed by atoms with E-state index in [2.05, 4.69) is 16.0 Å². The Bertz CT molecular complexity index is 974. The maximum Gasteiger partial charge on any atom is 0.243 e. The van der Waals surface area contributed by atoms with Crippen molar-refractivity contribution in [3.05, 3.63) is 84.4 Å². The Morgan fingerprint density at radius 1 is 0.793 bits per heavy atom. The number of rotatable bonds is 8. The molecule has 29 heavy (non-hydrogen) atoms. The maximum absolute atomic E-state index is 12.2. The Morgan fingerprint density at radius 2 is 1.48 bits per heavy atom. The van der Waals surface area contributed by atoms with E-state index in [1.165, 1.54) is 6.92 Å². The second-order valence-electron chi connectivity index (χ2n) is 6.47. The van der Waals surface area contributed by atoms with E-state index in [4.69, 9.17) is 4.74 Å². The van der Waals surface area contributed by atoms with Gasteiger partial charge in [-0.1, -0.05) is 42.5 Å². The molecule has 3 aromatic carbocycles. The van der Waals surface area contributed by atoms with Crippen LogP contribution in [0.3, 0.4) is 0 Å². The number of amides is 2. The Morgan fingerprint density at radius 3 is 2.24 bits per heavy atom. The topological polar surface area (TPSA) is 79.5 Å². The third-order valence-corrected chi connectivity index (χ3v) is 4.00. The van der Waals surface area contributed by atoms with Crippen LogP contribution in [0.5, 0.6) is 5.75 Å². The van der Waals surface area contributed by atoms with E-state index >= 15 is 0 Å². The summed E-state index contributed by atoms with van der Waals surface area (Å²) in [4.78, 5) is 23.4. The standard InChI is InChI=1S/C23H23N3O3/c1-17(27)25-20-10-5-11-21(13-20)26-23(28)15-24-19-9-6-12-22(14-19)29-16-18-7-3-2-4-8-18/h2-14,24H,15-16H2,1H3,(H,25,27)(H,26,28). The minimum Gasteiger partial charge on any atom is -0.489 e. The van der Waals surface area contributed by atoms with Crippen molar-refractivity contribution in [1.82, 2.24) is 0 Å². The van der Waals surface area contributed by atoms with Gasteiger partial charge in [-0.25, -0.2) is 0 Å². The Labute approximate surface area is 169 Å². The van der Waals surface area contributed by atoms with E-state index in [9.17, 15) is 9.59 Å². The average Bonchev–Trinajstić information content (AvgIpc) is 2.72. The zero-order valence-corrected chi connectivity index (χ0v) is 16.1. The lowest BCUT2D eigenvalue weighted by molar-refractivity contribution is -0.115. The molecule has 0 aliphatic heterocycles. The summed E-state index contributed by atoms with van der Waals surface area (Å²) < 4.78 is 5.80. The van der Waals surface area contributed by atoms with Gasteiger partial charge >= 0.3 is 0 Å². The highest BCUT2D eigenvalue weighted by Gasteiger charge is 2.05. The van der Waals surface area contributed by atoms with Gasteiger partial charge in [-0.3, -0.25) is 9.59 Å². The highest BCUT2D eigenvalue weighted by atomic mass is 16.5. The molecule has 148 valence electrons. The van der Waals surface area contributed by atoms with Crippen LogP contribution in [0.2, 0.25) is 0 Å². The summed E-state index contributed by atoms with van der Waals surface area (Å²) in [6, 6.07) is 24.4. The van der Waals surface area contributed by atoms with Crippen molar-refractivity contribution in [3.63, 3.8) is 0 Å². The molecule has 3 rings (SSSR count). The van der Waals surface area contributed by atoms with Crippen LogP contribution in [-0.4, -0.2) is 18.4 Å². The molecule has 0 fully saturated rings. The summed E-state index contributed by atoms with van der Waals surface area (Å²) in [5.41, 5.74) is 3.12. The van der Waals surface area contributed by atoms with Crippen LogP contribution in [0.1, 0.15) is 12.5 Å². The molecule has 6 heteroatoms. The lowest BCUT2D eigenvalue weighted by Crippen LogP contribution is -2.21. The Kier molecular flexibility index (Phi) is 6.84. The first kappa shape index (κ1) is 19.9. The molecule has 3 aromatic rings. The van der Waals surface area contributed by atoms with Crippen molar-refractivity contribution in [1.29, 1.82) is 0 Å². The number of anilines is 3. The molecule has 2 amide bonds. The number of nitrogens with one attached hydrogen (secondary N) is 3. The number of carbonyl (C=O) groups excluding carboxylic acids is 2. The largest absolute Gasteiger partial charge is 0.489 e. The number of carbonyl (C=O) groups is 2. The van der Waals surface area contributed by atoms with Crippen LogP contribution in [0.4, 0.5) is 17.1 Å². The average molecular weight is 389 g/mol. The van der Waals surface area contributed by atoms with Gasteiger partial charge in [0.1, 0.15) is 12.4 Å². The van der Waals surface area contributed by atoms with E-state index in [0.29, 0.717) is 18.0 Å². The molecule has 0 saturated heterocycles. The van der Waals surface area contributed by atoms with Crippen LogP contribution in [0.25, 0.3) is 0 Å². The first-order valence-corrected chi connectivity index (χ1v) is 9.27. The number of hydrogen-bond donors (Lipinski definition) is 3. The van der Waals surface area contributed by atoms with E-state index in [-0.39, 0.29) is 18.4 Å². The first-order valence-electron chi connectivity index (χ1n) is 9.27. The SMILES string of the molecule is CC(=O)Nc1cccc(NC(=O)CNc2cccc(OCc3ccccc3)c2)c1. The predicted octanol–water partition coefficient (Wildman–Crippen LogP) is 4.27. The van der Waals surface area contributed by atoms with Gasteiger partial charge in [0.2, 0.25) is 11.8 Å². The van der Waals surface area contributed by atoms with Crippen molar-refractivity contribution in [2.45, 2.75) is 13.5 Å². The second kappa shape index (κ2) is 9.94. The third kappa shape index (κ3) is 6.70. The number of hydrogen-bond acceptors (Lipinski definition) is 4. The smallest absolute Gasteiger partial charge is 0.243 e. The number of benzene rings is 3. The molecule has 0 bridgehead atoms. The lowest BCUT2D eigenvalue weighted by Gasteiger charge is -2.11. The quantitative estimate of drug-likeness (QED) is 0.537. The normalized spacial score (nSPS) is 10.1. The zero-order valence-electron chi connectivity index (χ0n) is 16.1. The minimum absolute atomic E-state index is 0.104. The molecule has 0 unspecified atom stereocenters. The second-order valence-corrected chi connectivity index (χ2v) is 6.47. The maximum atomic E-state index is 12.2. The zero-order chi connectivity index (χ0) is 20.5. The fourth-order valence-corrected chi connectivity index (χ4v) is 2.70. The van der Waals surface area contributed by atoms with E-state index in [1.807, 2.05) is 54.6 Å². The van der Waals surface area contributed by atoms with Crippen LogP contribution >= 0.6 is 0 Å². The summed E-state index contributed by atoms with van der Waals surface area (Å²) in [6.07, 6.45) is 0. The fourth-order valence-electron chi connectivity index (χ4n) is 2.70. The van der Waals surface area contributed by atoms with Crippen LogP contribution < -0.4 is 20.7 Å². The monoisotopic (exact) mass is 389 g/mol. The minimum atomic E-state index is -0.194. The van der Waals surface area contributed by atoms with Gasteiger partial charge in [-0.2, -0.15) is 0 Å². The van der Waals surface area contributed by atoms with Crippen molar-refractivity contribution in [3.8, 4) is 5.75 Å². The van der Waals surface area contributed by atoms with E-state index < -0.39 is 0 Å². The molecule has 0 atom stereocenters. The van der Waals surface area contributed by atoms with Crippen LogP contribution in [0, 0.1) is 0 Å². The van der Waals surface area contributed by atoms with Crippen molar-refractivity contribution < 1.29 is 14.3 Å². The molecule has 0 aromatic heterocycles. The van der Waals surface area contributed by atoms with Gasteiger partial charge < -0.3 is 20.7 Å². The third-order valence-electron chi connectivity index (χ3n) is 4.00. The Hall–Kier alpha value is -3.80. The molecule has 0 aliphatic carbocycles. The van der Waals surface area contributed by atoms with Crippen LogP contribution in [0.15, 0.2) is 78.9 Å². The summed E-state index contributed by atoms with van der Waals surface area (Å²) in [6.45, 7) is 2.02. The molecular formula is C23H23N3O3. The van der Waals surface area contributed by atoms with Crippen molar-refractivity contribution in [2.75, 3.05) is 22.5 Å². The van der Waals surface area contributed by atoms with Gasteiger partial charge in [0.15, 0.2) is 0 Å². The van der Waals surface area contributed by atoms with Crippen molar-refractivity contribution >= 4 is 28.9 Å². The molecule has 0 aliphatic rings. The number of ether oxygens (including phenoxy) is 1. The van der Waals surface area contributed by atoms with Gasteiger partial charge in [-0.15, -0.1) is 0 Å². The highest BCUT2D eigenvalue weighted by molar-refractivity contribution is 5.95. The summed E-state index contributed by atoms with van der Waals surface area (Å²) in [5, 5.41) is 8.58. The van der Waals surface area contributed by atoms with Gasteiger partial charge in [-0.05, 0) is 35.9 Å². The summed E-state index contributed by atoms with van der Waals surface area (Å²) >= 11 is 0. The molecule has 0 radical (unpaired) electrons. The summed E-state index contributed by atoms with van der Waals surface area (Å²) in [7, 11) is 0. The highest BCUT2D eigenvalue weighted by Crippen LogP contribution is 2.19. The van der Waals surface area contributed by atoms with Gasteiger partial charge in [0, 0.05) is 30.1 Å². The molecule has 0 spiro atoms.